The Morgan fingerprint density at radius 2 is 2.05 bits per heavy atom. The molecule has 3 heteroatoms. The molecule has 0 fully saturated rings. The zero-order chi connectivity index (χ0) is 16.6. The summed E-state index contributed by atoms with van der Waals surface area (Å²) in [5, 5.41) is 0. The highest BCUT2D eigenvalue weighted by Gasteiger charge is 2.20. The number of carbonyl (C=O) groups excluding carboxylic acids is 1. The molecule has 0 N–H and O–H groups in total. The molecule has 1 aliphatic carbocycles. The second-order valence-electron chi connectivity index (χ2n) is 6.81. The highest BCUT2D eigenvalue weighted by Crippen LogP contribution is 2.30. The predicted octanol–water partition coefficient (Wildman–Crippen LogP) is 4.82. The molecule has 0 saturated carbocycles. The van der Waals surface area contributed by atoms with Crippen molar-refractivity contribution in [3.05, 3.63) is 23.3 Å². The maximum Gasteiger partial charge on any atom is 0.331 e. The zero-order valence-electron chi connectivity index (χ0n) is 14.9. The number of hydrogen-bond acceptors (Lipinski definition) is 3. The smallest absolute Gasteiger partial charge is 0.331 e. The van der Waals surface area contributed by atoms with E-state index in [0.29, 0.717) is 12.5 Å². The van der Waals surface area contributed by atoms with Crippen LogP contribution in [-0.2, 0) is 14.3 Å². The number of ether oxygens (including phenoxy) is 2. The third-order valence-corrected chi connectivity index (χ3v) is 4.10. The summed E-state index contributed by atoms with van der Waals surface area (Å²) in [6.07, 6.45) is 9.22. The van der Waals surface area contributed by atoms with E-state index in [1.54, 1.807) is 6.08 Å². The van der Waals surface area contributed by atoms with Crippen LogP contribution in [0.3, 0.4) is 0 Å². The van der Waals surface area contributed by atoms with E-state index in [1.807, 2.05) is 13.8 Å². The predicted molar refractivity (Wildman–Crippen MR) is 90.8 cm³/mol. The number of esters is 1. The van der Waals surface area contributed by atoms with Gasteiger partial charge < -0.3 is 9.47 Å². The van der Waals surface area contributed by atoms with Crippen molar-refractivity contribution in [3.8, 4) is 0 Å². The fourth-order valence-electron chi connectivity index (χ4n) is 2.93. The summed E-state index contributed by atoms with van der Waals surface area (Å²) in [6.45, 7) is 11.7. The molecule has 1 aliphatic rings. The Kier molecular flexibility index (Phi) is 7.88. The fraction of sp³-hybridized carbons (Fsp3) is 0.737. The van der Waals surface area contributed by atoms with Crippen LogP contribution in [-0.4, -0.2) is 24.8 Å². The van der Waals surface area contributed by atoms with Gasteiger partial charge in [-0.1, -0.05) is 18.6 Å². The summed E-state index contributed by atoms with van der Waals surface area (Å²) in [5.41, 5.74) is 2.54. The number of hydrogen-bond donors (Lipinski definition) is 0. The Morgan fingerprint density at radius 3 is 2.68 bits per heavy atom. The van der Waals surface area contributed by atoms with Gasteiger partial charge in [0.15, 0.2) is 0 Å². The average molecular weight is 308 g/mol. The molecular weight excluding hydrogens is 276 g/mol. The Bertz CT molecular complexity index is 418. The van der Waals surface area contributed by atoms with E-state index < -0.39 is 0 Å². The van der Waals surface area contributed by atoms with E-state index >= 15 is 0 Å². The lowest BCUT2D eigenvalue weighted by molar-refractivity contribution is -0.137. The number of carbonyl (C=O) groups is 1. The quantitative estimate of drug-likeness (QED) is 0.452. The molecule has 0 aromatic heterocycles. The summed E-state index contributed by atoms with van der Waals surface area (Å²) in [5.74, 6) is 0.425. The van der Waals surface area contributed by atoms with E-state index in [-0.39, 0.29) is 11.6 Å². The molecule has 0 aliphatic heterocycles. The van der Waals surface area contributed by atoms with Gasteiger partial charge in [0.1, 0.15) is 0 Å². The van der Waals surface area contributed by atoms with Crippen molar-refractivity contribution in [2.75, 3.05) is 13.2 Å². The molecule has 0 radical (unpaired) electrons. The SMILES string of the molecule is CCOC(=O)C=C1C=C(CC(C)CCC(C)(C)OCC)CC1. The van der Waals surface area contributed by atoms with Crippen molar-refractivity contribution in [2.45, 2.75) is 72.3 Å². The van der Waals surface area contributed by atoms with Gasteiger partial charge in [-0.05, 0) is 71.3 Å². The summed E-state index contributed by atoms with van der Waals surface area (Å²) < 4.78 is 10.7. The standard InChI is InChI=1S/C19H32O3/c1-6-21-18(20)14-17-9-8-16(13-17)12-15(3)10-11-19(4,5)22-7-2/h13-15H,6-12H2,1-5H3. The Balaban J connectivity index is 2.42. The van der Waals surface area contributed by atoms with Crippen molar-refractivity contribution in [1.29, 1.82) is 0 Å². The molecule has 0 saturated heterocycles. The average Bonchev–Trinajstić information content (AvgIpc) is 2.84. The van der Waals surface area contributed by atoms with Gasteiger partial charge in [0.2, 0.25) is 0 Å². The molecule has 0 spiro atoms. The largest absolute Gasteiger partial charge is 0.463 e. The second-order valence-corrected chi connectivity index (χ2v) is 6.81. The molecule has 3 nitrogen and oxygen atoms in total. The van der Waals surface area contributed by atoms with Crippen LogP contribution < -0.4 is 0 Å². The lowest BCUT2D eigenvalue weighted by Gasteiger charge is -2.26. The first-order valence-corrected chi connectivity index (χ1v) is 8.57. The Labute approximate surface area is 135 Å². The lowest BCUT2D eigenvalue weighted by atomic mass is 9.91. The van der Waals surface area contributed by atoms with Gasteiger partial charge in [0.25, 0.3) is 0 Å². The van der Waals surface area contributed by atoms with Gasteiger partial charge in [0, 0.05) is 12.7 Å². The molecule has 0 amide bonds. The number of rotatable bonds is 9. The summed E-state index contributed by atoms with van der Waals surface area (Å²) in [7, 11) is 0. The van der Waals surface area contributed by atoms with Gasteiger partial charge in [-0.3, -0.25) is 0 Å². The van der Waals surface area contributed by atoms with Crippen LogP contribution in [0.5, 0.6) is 0 Å². The molecule has 0 aromatic rings. The summed E-state index contributed by atoms with van der Waals surface area (Å²) in [4.78, 5) is 11.5. The first-order valence-electron chi connectivity index (χ1n) is 8.57. The van der Waals surface area contributed by atoms with Crippen molar-refractivity contribution in [1.82, 2.24) is 0 Å². The summed E-state index contributed by atoms with van der Waals surface area (Å²) >= 11 is 0. The van der Waals surface area contributed by atoms with E-state index in [1.165, 1.54) is 12.0 Å². The second kappa shape index (κ2) is 9.14. The minimum Gasteiger partial charge on any atom is -0.463 e. The lowest BCUT2D eigenvalue weighted by Crippen LogP contribution is -2.25. The van der Waals surface area contributed by atoms with Crippen molar-refractivity contribution < 1.29 is 14.3 Å². The maximum atomic E-state index is 11.5. The zero-order valence-corrected chi connectivity index (χ0v) is 14.9. The topological polar surface area (TPSA) is 35.5 Å². The van der Waals surface area contributed by atoms with Gasteiger partial charge in [-0.2, -0.15) is 0 Å². The molecular formula is C19H32O3. The third kappa shape index (κ3) is 7.26. The third-order valence-electron chi connectivity index (χ3n) is 4.10. The van der Waals surface area contributed by atoms with Crippen LogP contribution >= 0.6 is 0 Å². The molecule has 22 heavy (non-hydrogen) atoms. The van der Waals surface area contributed by atoms with Gasteiger partial charge >= 0.3 is 5.97 Å². The van der Waals surface area contributed by atoms with Crippen molar-refractivity contribution in [3.63, 3.8) is 0 Å². The van der Waals surface area contributed by atoms with Crippen LogP contribution in [0, 0.1) is 5.92 Å². The molecule has 1 rings (SSSR count). The molecule has 0 bridgehead atoms. The minimum atomic E-state index is -0.221. The molecule has 1 unspecified atom stereocenters. The van der Waals surface area contributed by atoms with Gasteiger partial charge in [-0.25, -0.2) is 4.79 Å². The Hall–Kier alpha value is -1.09. The van der Waals surface area contributed by atoms with E-state index in [2.05, 4.69) is 26.8 Å². The Morgan fingerprint density at radius 1 is 1.32 bits per heavy atom. The monoisotopic (exact) mass is 308 g/mol. The van der Waals surface area contributed by atoms with Gasteiger partial charge in [-0.15, -0.1) is 0 Å². The fourth-order valence-corrected chi connectivity index (χ4v) is 2.93. The van der Waals surface area contributed by atoms with Crippen LogP contribution in [0.25, 0.3) is 0 Å². The highest BCUT2D eigenvalue weighted by molar-refractivity contribution is 5.83. The van der Waals surface area contributed by atoms with Crippen molar-refractivity contribution in [2.24, 2.45) is 5.92 Å². The van der Waals surface area contributed by atoms with E-state index in [4.69, 9.17) is 9.47 Å². The minimum absolute atomic E-state index is 0.0258. The van der Waals surface area contributed by atoms with Crippen LogP contribution in [0.2, 0.25) is 0 Å². The molecule has 126 valence electrons. The van der Waals surface area contributed by atoms with Crippen LogP contribution in [0.15, 0.2) is 23.3 Å². The van der Waals surface area contributed by atoms with Crippen molar-refractivity contribution >= 4 is 5.97 Å². The maximum absolute atomic E-state index is 11.5. The molecule has 0 heterocycles. The first-order chi connectivity index (χ1) is 10.4. The first kappa shape index (κ1) is 19.0. The van der Waals surface area contributed by atoms with E-state index in [9.17, 15) is 4.79 Å². The number of allylic oxidation sites excluding steroid dienone is 3. The van der Waals surface area contributed by atoms with E-state index in [0.717, 1.165) is 37.9 Å². The van der Waals surface area contributed by atoms with Crippen LogP contribution in [0.4, 0.5) is 0 Å². The molecule has 1 atom stereocenters. The normalized spacial score (nSPS) is 18.4. The highest BCUT2D eigenvalue weighted by atomic mass is 16.5. The summed E-state index contributed by atoms with van der Waals surface area (Å²) in [6, 6.07) is 0. The molecule has 0 aromatic carbocycles. The van der Waals surface area contributed by atoms with Gasteiger partial charge in [0.05, 0.1) is 12.2 Å². The van der Waals surface area contributed by atoms with Crippen LogP contribution in [0.1, 0.15) is 66.7 Å².